The molecule has 2 aliphatic heterocycles. The van der Waals surface area contributed by atoms with E-state index in [1.807, 2.05) is 17.0 Å². The first kappa shape index (κ1) is 19.9. The zero-order valence-electron chi connectivity index (χ0n) is 17.3. The summed E-state index contributed by atoms with van der Waals surface area (Å²) < 4.78 is 5.39. The quantitative estimate of drug-likeness (QED) is 0.777. The molecule has 2 aliphatic rings. The molecule has 3 heterocycles. The molecule has 0 unspecified atom stereocenters. The highest BCUT2D eigenvalue weighted by molar-refractivity contribution is 5.94. The number of ether oxygens (including phenoxy) is 1. The topological polar surface area (TPSA) is 45.7 Å². The molecular formula is C24H31N3O2. The van der Waals surface area contributed by atoms with Crippen molar-refractivity contribution in [3.8, 4) is 0 Å². The van der Waals surface area contributed by atoms with Gasteiger partial charge in [-0.05, 0) is 56.2 Å². The first-order chi connectivity index (χ1) is 14.2. The largest absolute Gasteiger partial charge is 0.378 e. The minimum Gasteiger partial charge on any atom is -0.378 e. The van der Waals surface area contributed by atoms with Gasteiger partial charge in [0.1, 0.15) is 5.82 Å². The van der Waals surface area contributed by atoms with Crippen molar-refractivity contribution >= 4 is 11.7 Å². The SMILES string of the molecule is Cc1ccc(CCC2CCN(C(=O)c3ccc(N4CCOCC4)nc3)CC2)cc1. The second-order valence-electron chi connectivity index (χ2n) is 8.26. The first-order valence-corrected chi connectivity index (χ1v) is 10.8. The van der Waals surface area contributed by atoms with Crippen LogP contribution in [0.5, 0.6) is 0 Å². The summed E-state index contributed by atoms with van der Waals surface area (Å²) in [5.41, 5.74) is 3.42. The van der Waals surface area contributed by atoms with Crippen LogP contribution in [0.4, 0.5) is 5.82 Å². The summed E-state index contributed by atoms with van der Waals surface area (Å²) in [6.07, 6.45) is 6.26. The van der Waals surface area contributed by atoms with Crippen LogP contribution in [0.15, 0.2) is 42.6 Å². The van der Waals surface area contributed by atoms with Gasteiger partial charge in [-0.2, -0.15) is 0 Å². The highest BCUT2D eigenvalue weighted by Gasteiger charge is 2.24. The number of nitrogens with zero attached hydrogens (tertiary/aromatic N) is 3. The van der Waals surface area contributed by atoms with E-state index in [0.29, 0.717) is 11.5 Å². The lowest BCUT2D eigenvalue weighted by atomic mass is 9.90. The normalized spacial score (nSPS) is 18.1. The minimum atomic E-state index is 0.114. The van der Waals surface area contributed by atoms with Gasteiger partial charge in [-0.25, -0.2) is 4.98 Å². The highest BCUT2D eigenvalue weighted by Crippen LogP contribution is 2.24. The monoisotopic (exact) mass is 393 g/mol. The maximum Gasteiger partial charge on any atom is 0.255 e. The number of morpholine rings is 1. The van der Waals surface area contributed by atoms with E-state index in [2.05, 4.69) is 41.1 Å². The van der Waals surface area contributed by atoms with E-state index in [1.165, 1.54) is 17.5 Å². The predicted molar refractivity (Wildman–Crippen MR) is 115 cm³/mol. The van der Waals surface area contributed by atoms with Gasteiger partial charge in [0.2, 0.25) is 0 Å². The van der Waals surface area contributed by atoms with E-state index in [1.54, 1.807) is 6.20 Å². The fraction of sp³-hybridized carbons (Fsp3) is 0.500. The molecule has 0 atom stereocenters. The van der Waals surface area contributed by atoms with Crippen LogP contribution in [-0.4, -0.2) is 55.2 Å². The predicted octanol–water partition coefficient (Wildman–Crippen LogP) is 3.71. The van der Waals surface area contributed by atoms with Crippen molar-refractivity contribution in [3.63, 3.8) is 0 Å². The van der Waals surface area contributed by atoms with Gasteiger partial charge < -0.3 is 14.5 Å². The van der Waals surface area contributed by atoms with Crippen LogP contribution in [-0.2, 0) is 11.2 Å². The maximum atomic E-state index is 12.9. The van der Waals surface area contributed by atoms with Crippen LogP contribution in [0.25, 0.3) is 0 Å². The molecule has 2 saturated heterocycles. The molecule has 0 bridgehead atoms. The summed E-state index contributed by atoms with van der Waals surface area (Å²) >= 11 is 0. The van der Waals surface area contributed by atoms with Crippen LogP contribution in [0.2, 0.25) is 0 Å². The van der Waals surface area contributed by atoms with Crippen LogP contribution < -0.4 is 4.90 Å². The number of aromatic nitrogens is 1. The third-order valence-corrected chi connectivity index (χ3v) is 6.19. The van der Waals surface area contributed by atoms with Crippen LogP contribution in [0.3, 0.4) is 0 Å². The van der Waals surface area contributed by atoms with Crippen molar-refractivity contribution in [2.75, 3.05) is 44.3 Å². The Labute approximate surface area is 173 Å². The van der Waals surface area contributed by atoms with Gasteiger partial charge in [0, 0.05) is 32.4 Å². The Bertz CT molecular complexity index is 790. The number of amides is 1. The number of hydrogen-bond donors (Lipinski definition) is 0. The van der Waals surface area contributed by atoms with Crippen molar-refractivity contribution in [1.29, 1.82) is 0 Å². The third-order valence-electron chi connectivity index (χ3n) is 6.19. The number of likely N-dealkylation sites (tertiary alicyclic amines) is 1. The van der Waals surface area contributed by atoms with Crippen molar-refractivity contribution in [2.24, 2.45) is 5.92 Å². The molecule has 0 N–H and O–H groups in total. The molecule has 1 aromatic heterocycles. The van der Waals surface area contributed by atoms with Crippen molar-refractivity contribution in [2.45, 2.75) is 32.6 Å². The van der Waals surface area contributed by atoms with Gasteiger partial charge in [-0.3, -0.25) is 4.79 Å². The third kappa shape index (κ3) is 5.15. The Morgan fingerprint density at radius 2 is 1.76 bits per heavy atom. The number of anilines is 1. The van der Waals surface area contributed by atoms with E-state index >= 15 is 0 Å². The Morgan fingerprint density at radius 1 is 1.03 bits per heavy atom. The van der Waals surface area contributed by atoms with Gasteiger partial charge in [0.25, 0.3) is 5.91 Å². The molecule has 4 rings (SSSR count). The summed E-state index contributed by atoms with van der Waals surface area (Å²) in [6, 6.07) is 12.7. The minimum absolute atomic E-state index is 0.114. The van der Waals surface area contributed by atoms with Gasteiger partial charge in [0.05, 0.1) is 18.8 Å². The molecule has 0 aliphatic carbocycles. The average molecular weight is 394 g/mol. The van der Waals surface area contributed by atoms with E-state index < -0.39 is 0 Å². The summed E-state index contributed by atoms with van der Waals surface area (Å²) in [4.78, 5) is 21.6. The molecule has 1 aromatic carbocycles. The molecule has 1 amide bonds. The molecule has 5 heteroatoms. The van der Waals surface area contributed by atoms with Crippen molar-refractivity contribution in [3.05, 3.63) is 59.3 Å². The molecule has 2 fully saturated rings. The molecule has 0 saturated carbocycles. The summed E-state index contributed by atoms with van der Waals surface area (Å²) in [7, 11) is 0. The lowest BCUT2D eigenvalue weighted by Gasteiger charge is -2.32. The van der Waals surface area contributed by atoms with Crippen LogP contribution in [0, 0.1) is 12.8 Å². The number of pyridine rings is 1. The first-order valence-electron chi connectivity index (χ1n) is 10.8. The van der Waals surface area contributed by atoms with Gasteiger partial charge >= 0.3 is 0 Å². The molecule has 0 radical (unpaired) electrons. The fourth-order valence-corrected chi connectivity index (χ4v) is 4.22. The smallest absolute Gasteiger partial charge is 0.255 e. The summed E-state index contributed by atoms with van der Waals surface area (Å²) in [5, 5.41) is 0. The molecule has 0 spiro atoms. The number of hydrogen-bond acceptors (Lipinski definition) is 4. The Morgan fingerprint density at radius 3 is 2.41 bits per heavy atom. The number of piperidine rings is 1. The summed E-state index contributed by atoms with van der Waals surface area (Å²) in [5.74, 6) is 1.75. The number of benzene rings is 1. The summed E-state index contributed by atoms with van der Waals surface area (Å²) in [6.45, 7) is 7.02. The lowest BCUT2D eigenvalue weighted by molar-refractivity contribution is 0.0686. The second kappa shape index (κ2) is 9.40. The van der Waals surface area contributed by atoms with Gasteiger partial charge in [-0.1, -0.05) is 29.8 Å². The Balaban J connectivity index is 1.25. The van der Waals surface area contributed by atoms with E-state index in [9.17, 15) is 4.79 Å². The van der Waals surface area contributed by atoms with Crippen molar-refractivity contribution in [1.82, 2.24) is 9.88 Å². The highest BCUT2D eigenvalue weighted by atomic mass is 16.5. The molecule has 29 heavy (non-hydrogen) atoms. The van der Waals surface area contributed by atoms with E-state index in [4.69, 9.17) is 4.74 Å². The standard InChI is InChI=1S/C24H31N3O2/c1-19-2-4-20(5-3-19)6-7-21-10-12-27(13-11-21)24(28)22-8-9-23(25-18-22)26-14-16-29-17-15-26/h2-5,8-9,18,21H,6-7,10-17H2,1H3. The van der Waals surface area contributed by atoms with E-state index in [-0.39, 0.29) is 5.91 Å². The van der Waals surface area contributed by atoms with E-state index in [0.717, 1.165) is 64.5 Å². The van der Waals surface area contributed by atoms with Gasteiger partial charge in [-0.15, -0.1) is 0 Å². The molecule has 154 valence electrons. The maximum absolute atomic E-state index is 12.9. The second-order valence-corrected chi connectivity index (χ2v) is 8.26. The molecule has 2 aromatic rings. The van der Waals surface area contributed by atoms with Crippen LogP contribution in [0.1, 0.15) is 40.7 Å². The lowest BCUT2D eigenvalue weighted by Crippen LogP contribution is -2.39. The fourth-order valence-electron chi connectivity index (χ4n) is 4.22. The molecule has 5 nitrogen and oxygen atoms in total. The Kier molecular flexibility index (Phi) is 6.45. The number of carbonyl (C=O) groups excluding carboxylic acids is 1. The van der Waals surface area contributed by atoms with Crippen molar-refractivity contribution < 1.29 is 9.53 Å². The zero-order chi connectivity index (χ0) is 20.1. The van der Waals surface area contributed by atoms with Gasteiger partial charge in [0.15, 0.2) is 0 Å². The van der Waals surface area contributed by atoms with Crippen LogP contribution >= 0.6 is 0 Å². The number of carbonyl (C=O) groups is 1. The average Bonchev–Trinajstić information content (AvgIpc) is 2.79. The number of rotatable bonds is 5. The Hall–Kier alpha value is -2.40. The number of aryl methyl sites for hydroxylation is 2. The zero-order valence-corrected chi connectivity index (χ0v) is 17.3. The molecular weight excluding hydrogens is 362 g/mol.